The summed E-state index contributed by atoms with van der Waals surface area (Å²) in [7, 11) is 0. The van der Waals surface area contributed by atoms with Crippen molar-refractivity contribution in [1.29, 1.82) is 0 Å². The lowest BCUT2D eigenvalue weighted by Gasteiger charge is -2.23. The van der Waals surface area contributed by atoms with Crippen LogP contribution in [0.4, 0.5) is 0 Å². The predicted molar refractivity (Wildman–Crippen MR) is 67.9 cm³/mol. The van der Waals surface area contributed by atoms with Crippen LogP contribution in [0.25, 0.3) is 0 Å². The first kappa shape index (κ1) is 13.2. The van der Waals surface area contributed by atoms with Gasteiger partial charge in [-0.05, 0) is 37.1 Å². The monoisotopic (exact) mass is 252 g/mol. The maximum atomic E-state index is 8.66. The van der Waals surface area contributed by atoms with E-state index in [1.807, 2.05) is 24.3 Å². The van der Waals surface area contributed by atoms with Crippen molar-refractivity contribution in [3.8, 4) is 11.5 Å². The summed E-state index contributed by atoms with van der Waals surface area (Å²) < 4.78 is 16.7. The van der Waals surface area contributed by atoms with E-state index in [9.17, 15) is 0 Å². The number of rotatable bonds is 6. The molecule has 1 aromatic carbocycles. The van der Waals surface area contributed by atoms with Crippen LogP contribution in [0.3, 0.4) is 0 Å². The van der Waals surface area contributed by atoms with E-state index in [-0.39, 0.29) is 12.9 Å². The second-order valence-corrected chi connectivity index (χ2v) is 4.31. The molecule has 1 heterocycles. The standard InChI is InChI=1S/C14H20O4/c15-9-3-11-16-12-5-7-13(8-6-12)18-14-4-1-2-10-17-14/h5-8,14-15H,1-4,9-11H2. The van der Waals surface area contributed by atoms with Crippen molar-refractivity contribution in [1.82, 2.24) is 0 Å². The molecule has 0 saturated carbocycles. The van der Waals surface area contributed by atoms with E-state index in [1.54, 1.807) is 0 Å². The highest BCUT2D eigenvalue weighted by Crippen LogP contribution is 2.22. The van der Waals surface area contributed by atoms with Gasteiger partial charge in [0, 0.05) is 19.4 Å². The Bertz CT molecular complexity index is 330. The highest BCUT2D eigenvalue weighted by molar-refractivity contribution is 5.31. The fourth-order valence-corrected chi connectivity index (χ4v) is 1.82. The van der Waals surface area contributed by atoms with Gasteiger partial charge in [0.1, 0.15) is 11.5 Å². The molecule has 100 valence electrons. The Balaban J connectivity index is 1.79. The highest BCUT2D eigenvalue weighted by atomic mass is 16.7. The van der Waals surface area contributed by atoms with Crippen LogP contribution in [0, 0.1) is 0 Å². The summed E-state index contributed by atoms with van der Waals surface area (Å²) in [6, 6.07) is 7.50. The molecule has 4 nitrogen and oxygen atoms in total. The third kappa shape index (κ3) is 4.20. The van der Waals surface area contributed by atoms with Gasteiger partial charge >= 0.3 is 0 Å². The molecule has 0 spiro atoms. The summed E-state index contributed by atoms with van der Waals surface area (Å²) in [6.07, 6.45) is 3.77. The normalized spacial score (nSPS) is 19.5. The Morgan fingerprint density at radius 1 is 1.17 bits per heavy atom. The smallest absolute Gasteiger partial charge is 0.199 e. The molecular formula is C14H20O4. The minimum atomic E-state index is -0.111. The van der Waals surface area contributed by atoms with Gasteiger partial charge in [-0.1, -0.05) is 0 Å². The van der Waals surface area contributed by atoms with Crippen molar-refractivity contribution in [3.05, 3.63) is 24.3 Å². The van der Waals surface area contributed by atoms with Crippen LogP contribution in [-0.4, -0.2) is 31.2 Å². The van der Waals surface area contributed by atoms with E-state index in [0.717, 1.165) is 37.4 Å². The minimum Gasteiger partial charge on any atom is -0.494 e. The topological polar surface area (TPSA) is 47.9 Å². The molecule has 18 heavy (non-hydrogen) atoms. The van der Waals surface area contributed by atoms with Crippen molar-refractivity contribution in [3.63, 3.8) is 0 Å². The Kier molecular flexibility index (Phi) is 5.30. The van der Waals surface area contributed by atoms with Gasteiger partial charge in [-0.15, -0.1) is 0 Å². The van der Waals surface area contributed by atoms with Crippen LogP contribution < -0.4 is 9.47 Å². The van der Waals surface area contributed by atoms with Crippen LogP contribution in [0.2, 0.25) is 0 Å². The molecule has 1 aliphatic rings. The lowest BCUT2D eigenvalue weighted by molar-refractivity contribution is -0.105. The third-order valence-corrected chi connectivity index (χ3v) is 2.80. The Morgan fingerprint density at radius 2 is 1.94 bits per heavy atom. The molecule has 1 aromatic rings. The number of ether oxygens (including phenoxy) is 3. The highest BCUT2D eigenvalue weighted by Gasteiger charge is 2.14. The molecule has 1 N–H and O–H groups in total. The fraction of sp³-hybridized carbons (Fsp3) is 0.571. The zero-order chi connectivity index (χ0) is 12.6. The molecule has 4 heteroatoms. The summed E-state index contributed by atoms with van der Waals surface area (Å²) in [5, 5.41) is 8.66. The number of aliphatic hydroxyl groups excluding tert-OH is 1. The van der Waals surface area contributed by atoms with E-state index in [4.69, 9.17) is 19.3 Å². The van der Waals surface area contributed by atoms with Gasteiger partial charge in [-0.25, -0.2) is 0 Å². The van der Waals surface area contributed by atoms with Gasteiger partial charge in [0.25, 0.3) is 0 Å². The van der Waals surface area contributed by atoms with Crippen LogP contribution in [-0.2, 0) is 4.74 Å². The van der Waals surface area contributed by atoms with Gasteiger partial charge in [0.05, 0.1) is 13.2 Å². The summed E-state index contributed by atoms with van der Waals surface area (Å²) in [5.41, 5.74) is 0. The molecular weight excluding hydrogens is 232 g/mol. The maximum Gasteiger partial charge on any atom is 0.199 e. The van der Waals surface area contributed by atoms with E-state index in [2.05, 4.69) is 0 Å². The van der Waals surface area contributed by atoms with Gasteiger partial charge in [-0.3, -0.25) is 0 Å². The quantitative estimate of drug-likeness (QED) is 0.789. The number of hydrogen-bond acceptors (Lipinski definition) is 4. The van der Waals surface area contributed by atoms with Crippen LogP contribution >= 0.6 is 0 Å². The number of aliphatic hydroxyl groups is 1. The predicted octanol–water partition coefficient (Wildman–Crippen LogP) is 2.35. The molecule has 0 amide bonds. The van der Waals surface area contributed by atoms with Crippen molar-refractivity contribution in [2.75, 3.05) is 19.8 Å². The molecule has 0 radical (unpaired) electrons. The lowest BCUT2D eigenvalue weighted by Crippen LogP contribution is -2.24. The second-order valence-electron chi connectivity index (χ2n) is 4.31. The first-order valence-corrected chi connectivity index (χ1v) is 6.50. The maximum absolute atomic E-state index is 8.66. The van der Waals surface area contributed by atoms with Gasteiger partial charge in [0.2, 0.25) is 0 Å². The number of hydrogen-bond donors (Lipinski definition) is 1. The molecule has 0 aromatic heterocycles. The average Bonchev–Trinajstić information content (AvgIpc) is 2.42. The summed E-state index contributed by atoms with van der Waals surface area (Å²) in [5.74, 6) is 1.59. The van der Waals surface area contributed by atoms with Gasteiger partial charge in [-0.2, -0.15) is 0 Å². The zero-order valence-corrected chi connectivity index (χ0v) is 10.5. The summed E-state index contributed by atoms with van der Waals surface area (Å²) >= 11 is 0. The van der Waals surface area contributed by atoms with E-state index in [1.165, 1.54) is 0 Å². The van der Waals surface area contributed by atoms with Crippen LogP contribution in [0.1, 0.15) is 25.7 Å². The molecule has 1 aliphatic heterocycles. The van der Waals surface area contributed by atoms with E-state index < -0.39 is 0 Å². The lowest BCUT2D eigenvalue weighted by atomic mass is 10.2. The second kappa shape index (κ2) is 7.24. The van der Waals surface area contributed by atoms with Gasteiger partial charge < -0.3 is 19.3 Å². The van der Waals surface area contributed by atoms with E-state index >= 15 is 0 Å². The molecule has 2 rings (SSSR count). The Labute approximate surface area is 107 Å². The van der Waals surface area contributed by atoms with Crippen molar-refractivity contribution in [2.24, 2.45) is 0 Å². The average molecular weight is 252 g/mol. The molecule has 1 fully saturated rings. The third-order valence-electron chi connectivity index (χ3n) is 2.80. The molecule has 0 aliphatic carbocycles. The molecule has 1 atom stereocenters. The molecule has 0 bridgehead atoms. The summed E-state index contributed by atoms with van der Waals surface area (Å²) in [4.78, 5) is 0. The van der Waals surface area contributed by atoms with Crippen LogP contribution in [0.15, 0.2) is 24.3 Å². The molecule has 1 saturated heterocycles. The first-order valence-electron chi connectivity index (χ1n) is 6.50. The minimum absolute atomic E-state index is 0.111. The Morgan fingerprint density at radius 3 is 2.61 bits per heavy atom. The largest absolute Gasteiger partial charge is 0.494 e. The fourth-order valence-electron chi connectivity index (χ4n) is 1.82. The van der Waals surface area contributed by atoms with Crippen molar-refractivity contribution in [2.45, 2.75) is 32.0 Å². The van der Waals surface area contributed by atoms with Crippen LogP contribution in [0.5, 0.6) is 11.5 Å². The van der Waals surface area contributed by atoms with E-state index in [0.29, 0.717) is 13.0 Å². The van der Waals surface area contributed by atoms with Crippen molar-refractivity contribution >= 4 is 0 Å². The molecule has 1 unspecified atom stereocenters. The van der Waals surface area contributed by atoms with Gasteiger partial charge in [0.15, 0.2) is 6.29 Å². The summed E-state index contributed by atoms with van der Waals surface area (Å²) in [6.45, 7) is 1.47. The number of benzene rings is 1. The first-order chi connectivity index (χ1) is 8.88. The Hall–Kier alpha value is -1.26. The SMILES string of the molecule is OCCCOc1ccc(OC2CCCCO2)cc1. The van der Waals surface area contributed by atoms with Crippen molar-refractivity contribution < 1.29 is 19.3 Å². The zero-order valence-electron chi connectivity index (χ0n) is 10.5.